The van der Waals surface area contributed by atoms with Crippen molar-refractivity contribution < 1.29 is 9.59 Å². The van der Waals surface area contributed by atoms with Crippen LogP contribution in [-0.2, 0) is 15.6 Å². The first-order valence-corrected chi connectivity index (χ1v) is 17.5. The van der Waals surface area contributed by atoms with Crippen molar-refractivity contribution in [3.63, 3.8) is 0 Å². The van der Waals surface area contributed by atoms with Crippen molar-refractivity contribution in [1.82, 2.24) is 15.1 Å². The van der Waals surface area contributed by atoms with Crippen molar-refractivity contribution in [3.05, 3.63) is 106 Å². The zero-order valence-electron chi connectivity index (χ0n) is 26.2. The number of carbonyl (C=O) groups excluding carboxylic acids is 2. The molecule has 2 atom stereocenters. The van der Waals surface area contributed by atoms with E-state index < -0.39 is 10.8 Å². The Labute approximate surface area is 278 Å². The van der Waals surface area contributed by atoms with Gasteiger partial charge in [0.25, 0.3) is 0 Å². The number of carbonyl (C=O) groups is 2. The van der Waals surface area contributed by atoms with Gasteiger partial charge in [-0.15, -0.1) is 0 Å². The van der Waals surface area contributed by atoms with Crippen LogP contribution in [0.15, 0.2) is 78.9 Å². The number of hydrogen-bond acceptors (Lipinski definition) is 4. The number of piperidine rings is 1. The van der Waals surface area contributed by atoms with Crippen LogP contribution in [0.3, 0.4) is 0 Å². The monoisotopic (exact) mass is 645 g/mol. The van der Waals surface area contributed by atoms with Crippen molar-refractivity contribution >= 4 is 34.9 Å². The molecule has 1 N–H and O–H groups in total. The molecular weight excluding hydrogens is 601 g/mol. The van der Waals surface area contributed by atoms with Gasteiger partial charge in [0, 0.05) is 24.1 Å². The highest BCUT2D eigenvalue weighted by Gasteiger charge is 2.47. The molecule has 3 aliphatic heterocycles. The second kappa shape index (κ2) is 14.4. The summed E-state index contributed by atoms with van der Waals surface area (Å²) in [6.07, 6.45) is 8.64. The summed E-state index contributed by atoms with van der Waals surface area (Å²) < 4.78 is 0. The Morgan fingerprint density at radius 1 is 0.756 bits per heavy atom. The third-order valence-electron chi connectivity index (χ3n) is 10.7. The molecule has 238 valence electrons. The number of hydrogen-bond donors (Lipinski definition) is 1. The van der Waals surface area contributed by atoms with Crippen LogP contribution in [0, 0.1) is 0 Å². The first-order valence-electron chi connectivity index (χ1n) is 16.8. The van der Waals surface area contributed by atoms with E-state index in [1.165, 1.54) is 0 Å². The Kier molecular flexibility index (Phi) is 10.3. The number of likely N-dealkylation sites (tertiary alicyclic amines) is 2. The van der Waals surface area contributed by atoms with Gasteiger partial charge in [-0.1, -0.05) is 96.4 Å². The van der Waals surface area contributed by atoms with Crippen LogP contribution in [-0.4, -0.2) is 66.8 Å². The lowest BCUT2D eigenvalue weighted by Crippen LogP contribution is -2.53. The molecule has 0 radical (unpaired) electrons. The number of rotatable bonds is 9. The van der Waals surface area contributed by atoms with Crippen molar-refractivity contribution in [2.24, 2.45) is 0 Å². The molecule has 6 rings (SSSR count). The van der Waals surface area contributed by atoms with Gasteiger partial charge in [-0.3, -0.25) is 9.59 Å². The highest BCUT2D eigenvalue weighted by molar-refractivity contribution is 6.42. The molecule has 2 unspecified atom stereocenters. The van der Waals surface area contributed by atoms with Crippen molar-refractivity contribution in [2.45, 2.75) is 74.7 Å². The topological polar surface area (TPSA) is 52.7 Å². The van der Waals surface area contributed by atoms with Crippen LogP contribution in [0.1, 0.15) is 79.3 Å². The van der Waals surface area contributed by atoms with Gasteiger partial charge in [0.1, 0.15) is 0 Å². The average Bonchev–Trinajstić information content (AvgIpc) is 3.54. The molecular formula is C38H45Cl2N3O2. The minimum absolute atomic E-state index is 0.134. The lowest BCUT2D eigenvalue weighted by atomic mass is 9.66. The number of amides is 1. The summed E-state index contributed by atoms with van der Waals surface area (Å²) in [7, 11) is 0. The van der Waals surface area contributed by atoms with E-state index in [-0.39, 0.29) is 11.8 Å². The Morgan fingerprint density at radius 3 is 2.13 bits per heavy atom. The van der Waals surface area contributed by atoms with Crippen LogP contribution in [0.4, 0.5) is 0 Å². The standard InChI is InChI=1S/C38H45Cl2N3O2/c39-32-17-16-31(28-33(32)40)37(18-7-8-22-41-35(37)34(44)29-12-3-1-4-13-29)19-11-23-42-26-20-38(21-27-42,30-14-5-2-6-15-30)36(45)43-24-9-10-25-43/h1-6,12-17,28,35,41H,7-11,18-27H2. The van der Waals surface area contributed by atoms with Gasteiger partial charge < -0.3 is 15.1 Å². The molecule has 45 heavy (non-hydrogen) atoms. The van der Waals surface area contributed by atoms with Crippen LogP contribution in [0.2, 0.25) is 10.0 Å². The minimum Gasteiger partial charge on any atom is -0.342 e. The van der Waals surface area contributed by atoms with E-state index in [1.54, 1.807) is 0 Å². The van der Waals surface area contributed by atoms with Crippen LogP contribution >= 0.6 is 23.2 Å². The maximum atomic E-state index is 14.2. The number of nitrogens with zero attached hydrogens (tertiary/aromatic N) is 2. The predicted molar refractivity (Wildman–Crippen MR) is 183 cm³/mol. The normalized spacial score (nSPS) is 23.9. The largest absolute Gasteiger partial charge is 0.342 e. The molecule has 0 bridgehead atoms. The summed E-state index contributed by atoms with van der Waals surface area (Å²) in [5.74, 6) is 0.450. The highest BCUT2D eigenvalue weighted by atomic mass is 35.5. The molecule has 3 saturated heterocycles. The molecule has 1 amide bonds. The van der Waals surface area contributed by atoms with Crippen LogP contribution in [0.5, 0.6) is 0 Å². The number of Topliss-reactive ketones (excluding diaryl/α,β-unsaturated/α-hetero) is 1. The highest BCUT2D eigenvalue weighted by Crippen LogP contribution is 2.43. The smallest absolute Gasteiger partial charge is 0.233 e. The first-order chi connectivity index (χ1) is 21.9. The SMILES string of the molecule is O=C(c1ccccc1)C1NCCCCC1(CCCN1CCC(C(=O)N2CCCC2)(c2ccccc2)CC1)c1ccc(Cl)c(Cl)c1. The Hall–Kier alpha value is -2.70. The van der Waals surface area contributed by atoms with E-state index >= 15 is 0 Å². The fourth-order valence-corrected chi connectivity index (χ4v) is 8.48. The second-order valence-electron chi connectivity index (χ2n) is 13.3. The van der Waals surface area contributed by atoms with E-state index in [0.717, 1.165) is 114 Å². The van der Waals surface area contributed by atoms with E-state index in [4.69, 9.17) is 23.2 Å². The van der Waals surface area contributed by atoms with Gasteiger partial charge in [-0.05, 0) is 101 Å². The summed E-state index contributed by atoms with van der Waals surface area (Å²) in [5, 5.41) is 4.74. The molecule has 3 fully saturated rings. The summed E-state index contributed by atoms with van der Waals surface area (Å²) in [6.45, 7) is 5.27. The maximum absolute atomic E-state index is 14.2. The van der Waals surface area contributed by atoms with E-state index in [9.17, 15) is 9.59 Å². The van der Waals surface area contributed by atoms with Gasteiger partial charge in [-0.2, -0.15) is 0 Å². The molecule has 3 aromatic carbocycles. The van der Waals surface area contributed by atoms with Crippen molar-refractivity contribution in [3.8, 4) is 0 Å². The number of halogens is 2. The van der Waals surface area contributed by atoms with E-state index in [2.05, 4.69) is 45.4 Å². The molecule has 0 aromatic heterocycles. The molecule has 3 heterocycles. The molecule has 0 aliphatic carbocycles. The number of ketones is 1. The molecule has 3 aliphatic rings. The quantitative estimate of drug-likeness (QED) is 0.242. The number of nitrogens with one attached hydrogen (secondary N) is 1. The molecule has 5 nitrogen and oxygen atoms in total. The van der Waals surface area contributed by atoms with Gasteiger partial charge in [0.15, 0.2) is 5.78 Å². The lowest BCUT2D eigenvalue weighted by Gasteiger charge is -2.44. The molecule has 0 saturated carbocycles. The van der Waals surface area contributed by atoms with E-state index in [0.29, 0.717) is 16.0 Å². The predicted octanol–water partition coefficient (Wildman–Crippen LogP) is 7.69. The Balaban J connectivity index is 1.22. The third-order valence-corrected chi connectivity index (χ3v) is 11.4. The maximum Gasteiger partial charge on any atom is 0.233 e. The van der Waals surface area contributed by atoms with Gasteiger partial charge in [0.05, 0.1) is 21.5 Å². The van der Waals surface area contributed by atoms with Gasteiger partial charge in [-0.25, -0.2) is 0 Å². The fourth-order valence-electron chi connectivity index (χ4n) is 8.18. The van der Waals surface area contributed by atoms with E-state index in [1.807, 2.05) is 48.5 Å². The minimum atomic E-state index is -0.443. The lowest BCUT2D eigenvalue weighted by molar-refractivity contribution is -0.138. The third kappa shape index (κ3) is 6.74. The summed E-state index contributed by atoms with van der Waals surface area (Å²) in [4.78, 5) is 32.8. The average molecular weight is 647 g/mol. The summed E-state index contributed by atoms with van der Waals surface area (Å²) in [5.41, 5.74) is 2.12. The molecule has 3 aromatic rings. The summed E-state index contributed by atoms with van der Waals surface area (Å²) in [6, 6.07) is 25.7. The zero-order valence-corrected chi connectivity index (χ0v) is 27.7. The zero-order chi connectivity index (χ0) is 31.3. The van der Waals surface area contributed by atoms with Crippen LogP contribution in [0.25, 0.3) is 0 Å². The second-order valence-corrected chi connectivity index (χ2v) is 14.1. The Bertz CT molecular complexity index is 1450. The van der Waals surface area contributed by atoms with Crippen molar-refractivity contribution in [2.75, 3.05) is 39.3 Å². The van der Waals surface area contributed by atoms with Gasteiger partial charge >= 0.3 is 0 Å². The molecule has 7 heteroatoms. The first kappa shape index (κ1) is 32.2. The van der Waals surface area contributed by atoms with Crippen LogP contribution < -0.4 is 5.32 Å². The summed E-state index contributed by atoms with van der Waals surface area (Å²) >= 11 is 13.0. The fraction of sp³-hybridized carbons (Fsp3) is 0.474. The molecule has 0 spiro atoms. The Morgan fingerprint density at radius 2 is 1.44 bits per heavy atom. The van der Waals surface area contributed by atoms with Gasteiger partial charge in [0.2, 0.25) is 5.91 Å². The van der Waals surface area contributed by atoms with Crippen molar-refractivity contribution in [1.29, 1.82) is 0 Å². The number of benzene rings is 3.